The first kappa shape index (κ1) is 12.9. The van der Waals surface area contributed by atoms with Gasteiger partial charge in [-0.25, -0.2) is 0 Å². The molecular weight excluding hydrogens is 224 g/mol. The fourth-order valence-electron chi connectivity index (χ4n) is 1.97. The number of hydrogen-bond donors (Lipinski definition) is 1. The molecule has 1 N–H and O–H groups in total. The minimum Gasteiger partial charge on any atom is -0.349 e. The molecule has 2 aromatic rings. The lowest BCUT2D eigenvalue weighted by Gasteiger charge is -2.01. The molecule has 0 aliphatic heterocycles. The van der Waals surface area contributed by atoms with Crippen LogP contribution in [0.3, 0.4) is 0 Å². The molecule has 98 valence electrons. The van der Waals surface area contributed by atoms with Crippen LogP contribution >= 0.6 is 0 Å². The minimum absolute atomic E-state index is 0.897. The third-order valence-corrected chi connectivity index (χ3v) is 2.94. The van der Waals surface area contributed by atoms with E-state index in [1.807, 2.05) is 10.9 Å². The summed E-state index contributed by atoms with van der Waals surface area (Å²) in [6.45, 7) is 8.14. The van der Waals surface area contributed by atoms with E-state index in [0.29, 0.717) is 0 Å². The number of nitrogens with zero attached hydrogens (tertiary/aromatic N) is 3. The molecule has 0 bridgehead atoms. The molecule has 0 amide bonds. The molecule has 0 fully saturated rings. The fraction of sp³-hybridized carbons (Fsp3) is 0.500. The molecule has 0 aliphatic rings. The Morgan fingerprint density at radius 1 is 1.22 bits per heavy atom. The molecule has 0 unspecified atom stereocenters. The summed E-state index contributed by atoms with van der Waals surface area (Å²) in [6, 6.07) is 2.17. The molecule has 0 aromatic carbocycles. The summed E-state index contributed by atoms with van der Waals surface area (Å²) in [6.07, 6.45) is 9.56. The third-order valence-electron chi connectivity index (χ3n) is 2.94. The predicted molar refractivity (Wildman–Crippen MR) is 73.4 cm³/mol. The molecular formula is C14H22N4. The van der Waals surface area contributed by atoms with Crippen molar-refractivity contribution in [3.63, 3.8) is 0 Å². The predicted octanol–water partition coefficient (Wildman–Crippen LogP) is 2.25. The molecule has 4 nitrogen and oxygen atoms in total. The summed E-state index contributed by atoms with van der Waals surface area (Å²) >= 11 is 0. The van der Waals surface area contributed by atoms with Crippen LogP contribution in [0.1, 0.15) is 31.4 Å². The zero-order valence-corrected chi connectivity index (χ0v) is 11.3. The highest BCUT2D eigenvalue weighted by atomic mass is 15.3. The van der Waals surface area contributed by atoms with Gasteiger partial charge in [0, 0.05) is 37.2 Å². The summed E-state index contributed by atoms with van der Waals surface area (Å²) in [4.78, 5) is 0. The maximum absolute atomic E-state index is 4.29. The summed E-state index contributed by atoms with van der Waals surface area (Å²) in [5.74, 6) is 0. The molecule has 18 heavy (non-hydrogen) atoms. The molecule has 2 rings (SSSR count). The van der Waals surface area contributed by atoms with Crippen LogP contribution in [0, 0.1) is 0 Å². The largest absolute Gasteiger partial charge is 0.349 e. The fourth-order valence-corrected chi connectivity index (χ4v) is 1.97. The van der Waals surface area contributed by atoms with Crippen molar-refractivity contribution in [1.82, 2.24) is 19.7 Å². The van der Waals surface area contributed by atoms with Gasteiger partial charge in [0.25, 0.3) is 0 Å². The third kappa shape index (κ3) is 3.47. The lowest BCUT2D eigenvalue weighted by Crippen LogP contribution is -2.13. The Morgan fingerprint density at radius 3 is 2.83 bits per heavy atom. The first-order valence-electron chi connectivity index (χ1n) is 6.68. The van der Waals surface area contributed by atoms with Gasteiger partial charge in [0.15, 0.2) is 0 Å². The molecule has 2 aromatic heterocycles. The quantitative estimate of drug-likeness (QED) is 0.760. The van der Waals surface area contributed by atoms with Crippen LogP contribution in [0.2, 0.25) is 0 Å². The van der Waals surface area contributed by atoms with E-state index in [2.05, 4.69) is 53.5 Å². The normalized spacial score (nSPS) is 11.0. The van der Waals surface area contributed by atoms with E-state index in [1.165, 1.54) is 17.5 Å². The molecule has 2 heterocycles. The number of hydrogen-bond acceptors (Lipinski definition) is 2. The highest BCUT2D eigenvalue weighted by Crippen LogP contribution is 2.06. The van der Waals surface area contributed by atoms with Crippen molar-refractivity contribution in [2.45, 2.75) is 39.9 Å². The first-order valence-corrected chi connectivity index (χ1v) is 6.68. The summed E-state index contributed by atoms with van der Waals surface area (Å²) in [5, 5.41) is 7.70. The number of nitrogens with one attached hydrogen (secondary N) is 1. The van der Waals surface area contributed by atoms with Gasteiger partial charge in [0.2, 0.25) is 0 Å². The molecule has 4 heteroatoms. The Bertz CT molecular complexity index is 470. The first-order chi connectivity index (χ1) is 8.81. The van der Waals surface area contributed by atoms with E-state index in [9.17, 15) is 0 Å². The maximum Gasteiger partial charge on any atom is 0.0539 e. The average molecular weight is 246 g/mol. The molecule has 0 saturated heterocycles. The van der Waals surface area contributed by atoms with E-state index >= 15 is 0 Å². The SMILES string of the molecule is CCCNCc1ccn(Cc2cnn(CC)c2)c1. The molecule has 0 aliphatic carbocycles. The lowest BCUT2D eigenvalue weighted by atomic mass is 10.3. The number of rotatable bonds is 7. The number of aromatic nitrogens is 3. The Balaban J connectivity index is 1.89. The summed E-state index contributed by atoms with van der Waals surface area (Å²) < 4.78 is 4.17. The topological polar surface area (TPSA) is 34.8 Å². The van der Waals surface area contributed by atoms with Crippen molar-refractivity contribution in [3.8, 4) is 0 Å². The number of aryl methyl sites for hydroxylation is 1. The second kappa shape index (κ2) is 6.40. The van der Waals surface area contributed by atoms with Crippen LogP contribution < -0.4 is 5.32 Å². The van der Waals surface area contributed by atoms with Gasteiger partial charge in [-0.05, 0) is 31.5 Å². The molecule has 0 spiro atoms. The second-order valence-electron chi connectivity index (χ2n) is 4.57. The van der Waals surface area contributed by atoms with Gasteiger partial charge in [-0.15, -0.1) is 0 Å². The van der Waals surface area contributed by atoms with Crippen molar-refractivity contribution in [2.24, 2.45) is 0 Å². The van der Waals surface area contributed by atoms with Gasteiger partial charge in [-0.3, -0.25) is 4.68 Å². The second-order valence-corrected chi connectivity index (χ2v) is 4.57. The zero-order valence-electron chi connectivity index (χ0n) is 11.3. The average Bonchev–Trinajstić information content (AvgIpc) is 3.00. The van der Waals surface area contributed by atoms with E-state index < -0.39 is 0 Å². The van der Waals surface area contributed by atoms with Crippen molar-refractivity contribution >= 4 is 0 Å². The van der Waals surface area contributed by atoms with Gasteiger partial charge >= 0.3 is 0 Å². The zero-order chi connectivity index (χ0) is 12.8. The van der Waals surface area contributed by atoms with Crippen LogP contribution in [0.5, 0.6) is 0 Å². The summed E-state index contributed by atoms with van der Waals surface area (Å²) in [5.41, 5.74) is 2.59. The highest BCUT2D eigenvalue weighted by molar-refractivity contribution is 5.13. The Hall–Kier alpha value is -1.55. The Labute approximate surface area is 109 Å². The Morgan fingerprint density at radius 2 is 2.11 bits per heavy atom. The monoisotopic (exact) mass is 246 g/mol. The van der Waals surface area contributed by atoms with E-state index in [-0.39, 0.29) is 0 Å². The van der Waals surface area contributed by atoms with Crippen LogP contribution in [0.25, 0.3) is 0 Å². The standard InChI is InChI=1S/C14H22N4/c1-3-6-15-8-13-5-7-17(10-13)11-14-9-16-18(4-2)12-14/h5,7,9-10,12,15H,3-4,6,8,11H2,1-2H3. The van der Waals surface area contributed by atoms with Gasteiger partial charge in [0.1, 0.15) is 0 Å². The lowest BCUT2D eigenvalue weighted by molar-refractivity contribution is 0.658. The maximum atomic E-state index is 4.29. The molecule has 0 radical (unpaired) electrons. The highest BCUT2D eigenvalue weighted by Gasteiger charge is 2.00. The smallest absolute Gasteiger partial charge is 0.0539 e. The van der Waals surface area contributed by atoms with Gasteiger partial charge in [-0.2, -0.15) is 5.10 Å². The Kier molecular flexibility index (Phi) is 4.59. The van der Waals surface area contributed by atoms with Gasteiger partial charge < -0.3 is 9.88 Å². The van der Waals surface area contributed by atoms with Crippen molar-refractivity contribution in [3.05, 3.63) is 42.0 Å². The van der Waals surface area contributed by atoms with Crippen molar-refractivity contribution in [1.29, 1.82) is 0 Å². The van der Waals surface area contributed by atoms with Crippen LogP contribution in [0.15, 0.2) is 30.9 Å². The molecule has 0 atom stereocenters. The van der Waals surface area contributed by atoms with Crippen LogP contribution in [-0.2, 0) is 19.6 Å². The van der Waals surface area contributed by atoms with E-state index in [0.717, 1.165) is 26.2 Å². The van der Waals surface area contributed by atoms with Gasteiger partial charge in [-0.1, -0.05) is 6.92 Å². The van der Waals surface area contributed by atoms with E-state index in [4.69, 9.17) is 0 Å². The van der Waals surface area contributed by atoms with E-state index in [1.54, 1.807) is 0 Å². The molecule has 0 saturated carbocycles. The summed E-state index contributed by atoms with van der Waals surface area (Å²) in [7, 11) is 0. The van der Waals surface area contributed by atoms with Crippen LogP contribution in [0.4, 0.5) is 0 Å². The van der Waals surface area contributed by atoms with Crippen molar-refractivity contribution in [2.75, 3.05) is 6.54 Å². The van der Waals surface area contributed by atoms with Crippen LogP contribution in [-0.4, -0.2) is 20.9 Å². The minimum atomic E-state index is 0.897. The van der Waals surface area contributed by atoms with Crippen molar-refractivity contribution < 1.29 is 0 Å². The van der Waals surface area contributed by atoms with Gasteiger partial charge in [0.05, 0.1) is 12.7 Å².